The van der Waals surface area contributed by atoms with Gasteiger partial charge in [-0.05, 0) is 41.1 Å². The molecule has 0 saturated carbocycles. The second kappa shape index (κ2) is 5.05. The normalized spacial score (nSPS) is 14.1. The Bertz CT molecular complexity index is 592. The molecule has 0 radical (unpaired) electrons. The SMILES string of the molecule is COc1ccc2c(c1)CCN(C(=O)c1cccs1)C2. The van der Waals surface area contributed by atoms with Crippen LogP contribution in [0.25, 0.3) is 0 Å². The number of rotatable bonds is 2. The van der Waals surface area contributed by atoms with Crippen molar-refractivity contribution in [3.8, 4) is 5.75 Å². The number of hydrogen-bond donors (Lipinski definition) is 0. The highest BCUT2D eigenvalue weighted by Crippen LogP contribution is 2.25. The first-order valence-corrected chi connectivity index (χ1v) is 7.14. The molecule has 1 aliphatic rings. The molecule has 1 aliphatic heterocycles. The third kappa shape index (κ3) is 2.36. The molecular formula is C15H15NO2S. The van der Waals surface area contributed by atoms with Crippen LogP contribution < -0.4 is 4.74 Å². The Morgan fingerprint density at radius 3 is 2.95 bits per heavy atom. The van der Waals surface area contributed by atoms with Gasteiger partial charge in [0.2, 0.25) is 0 Å². The van der Waals surface area contributed by atoms with Crippen molar-refractivity contribution in [3.63, 3.8) is 0 Å². The zero-order valence-electron chi connectivity index (χ0n) is 10.8. The first kappa shape index (κ1) is 12.2. The highest BCUT2D eigenvalue weighted by molar-refractivity contribution is 7.12. The highest BCUT2D eigenvalue weighted by atomic mass is 32.1. The van der Waals surface area contributed by atoms with Crippen LogP contribution in [0, 0.1) is 0 Å². The van der Waals surface area contributed by atoms with Crippen LogP contribution in [0.1, 0.15) is 20.8 Å². The predicted octanol–water partition coefficient (Wildman–Crippen LogP) is 2.96. The van der Waals surface area contributed by atoms with E-state index in [1.165, 1.54) is 22.5 Å². The van der Waals surface area contributed by atoms with E-state index >= 15 is 0 Å². The summed E-state index contributed by atoms with van der Waals surface area (Å²) in [6.07, 6.45) is 0.893. The number of carbonyl (C=O) groups is 1. The van der Waals surface area contributed by atoms with Crippen molar-refractivity contribution in [3.05, 3.63) is 51.7 Å². The van der Waals surface area contributed by atoms with Gasteiger partial charge < -0.3 is 9.64 Å². The zero-order valence-corrected chi connectivity index (χ0v) is 11.6. The van der Waals surface area contributed by atoms with E-state index in [0.717, 1.165) is 23.6 Å². The maximum atomic E-state index is 12.3. The molecule has 98 valence electrons. The zero-order chi connectivity index (χ0) is 13.2. The van der Waals surface area contributed by atoms with Gasteiger partial charge in [-0.3, -0.25) is 4.79 Å². The van der Waals surface area contributed by atoms with Gasteiger partial charge >= 0.3 is 0 Å². The van der Waals surface area contributed by atoms with Gasteiger partial charge in [0.25, 0.3) is 5.91 Å². The number of methoxy groups -OCH3 is 1. The minimum Gasteiger partial charge on any atom is -0.497 e. The lowest BCUT2D eigenvalue weighted by Crippen LogP contribution is -2.35. The van der Waals surface area contributed by atoms with Gasteiger partial charge in [-0.25, -0.2) is 0 Å². The first-order chi connectivity index (χ1) is 9.28. The van der Waals surface area contributed by atoms with Gasteiger partial charge in [0.1, 0.15) is 5.75 Å². The third-order valence-corrected chi connectivity index (χ3v) is 4.30. The molecule has 0 aliphatic carbocycles. The molecule has 0 unspecified atom stereocenters. The standard InChI is InChI=1S/C15H15NO2S/c1-18-13-5-4-12-10-16(7-6-11(12)9-13)15(17)14-3-2-8-19-14/h2-5,8-9H,6-7,10H2,1H3. The van der Waals surface area contributed by atoms with Crippen LogP contribution in [-0.4, -0.2) is 24.5 Å². The number of nitrogens with zero attached hydrogens (tertiary/aromatic N) is 1. The number of ether oxygens (including phenoxy) is 1. The molecule has 0 saturated heterocycles. The summed E-state index contributed by atoms with van der Waals surface area (Å²) in [6.45, 7) is 1.47. The summed E-state index contributed by atoms with van der Waals surface area (Å²) in [5, 5.41) is 1.94. The molecule has 2 aromatic rings. The fraction of sp³-hybridized carbons (Fsp3) is 0.267. The fourth-order valence-corrected chi connectivity index (χ4v) is 3.08. The van der Waals surface area contributed by atoms with Crippen molar-refractivity contribution in [2.75, 3.05) is 13.7 Å². The van der Waals surface area contributed by atoms with E-state index < -0.39 is 0 Å². The van der Waals surface area contributed by atoms with E-state index in [-0.39, 0.29) is 5.91 Å². The van der Waals surface area contributed by atoms with Crippen LogP contribution >= 0.6 is 11.3 Å². The van der Waals surface area contributed by atoms with Gasteiger partial charge in [-0.15, -0.1) is 11.3 Å². The summed E-state index contributed by atoms with van der Waals surface area (Å²) < 4.78 is 5.23. The number of thiophene rings is 1. The predicted molar refractivity (Wildman–Crippen MR) is 75.8 cm³/mol. The van der Waals surface area contributed by atoms with Crippen molar-refractivity contribution >= 4 is 17.2 Å². The molecule has 3 nitrogen and oxygen atoms in total. The van der Waals surface area contributed by atoms with Crippen LogP contribution in [0.15, 0.2) is 35.7 Å². The molecule has 0 atom stereocenters. The molecular weight excluding hydrogens is 258 g/mol. The fourth-order valence-electron chi connectivity index (χ4n) is 2.39. The molecule has 3 rings (SSSR count). The van der Waals surface area contributed by atoms with E-state index in [0.29, 0.717) is 6.54 Å². The summed E-state index contributed by atoms with van der Waals surface area (Å²) >= 11 is 1.50. The summed E-state index contributed by atoms with van der Waals surface area (Å²) in [5.74, 6) is 1.02. The molecule has 4 heteroatoms. The molecule has 1 amide bonds. The second-order valence-electron chi connectivity index (χ2n) is 4.59. The second-order valence-corrected chi connectivity index (χ2v) is 5.54. The Kier molecular flexibility index (Phi) is 3.25. The summed E-state index contributed by atoms with van der Waals surface area (Å²) in [4.78, 5) is 15.0. The van der Waals surface area contributed by atoms with Crippen LogP contribution in [0.5, 0.6) is 5.75 Å². The van der Waals surface area contributed by atoms with E-state index in [1.807, 2.05) is 28.5 Å². The van der Waals surface area contributed by atoms with Crippen molar-refractivity contribution < 1.29 is 9.53 Å². The Hall–Kier alpha value is -1.81. The van der Waals surface area contributed by atoms with Gasteiger partial charge in [0, 0.05) is 13.1 Å². The Labute approximate surface area is 116 Å². The van der Waals surface area contributed by atoms with Gasteiger partial charge in [0.15, 0.2) is 0 Å². The first-order valence-electron chi connectivity index (χ1n) is 6.26. The number of carbonyl (C=O) groups excluding carboxylic acids is 1. The topological polar surface area (TPSA) is 29.5 Å². The van der Waals surface area contributed by atoms with Crippen molar-refractivity contribution in [1.29, 1.82) is 0 Å². The lowest BCUT2D eigenvalue weighted by atomic mass is 9.99. The maximum Gasteiger partial charge on any atom is 0.264 e. The Balaban J connectivity index is 1.81. The lowest BCUT2D eigenvalue weighted by Gasteiger charge is -2.28. The monoisotopic (exact) mass is 273 g/mol. The third-order valence-electron chi connectivity index (χ3n) is 3.44. The van der Waals surface area contributed by atoms with Crippen molar-refractivity contribution in [2.24, 2.45) is 0 Å². The van der Waals surface area contributed by atoms with Crippen LogP contribution in [0.2, 0.25) is 0 Å². The Morgan fingerprint density at radius 1 is 1.32 bits per heavy atom. The van der Waals surface area contributed by atoms with E-state index in [2.05, 4.69) is 12.1 Å². The van der Waals surface area contributed by atoms with Gasteiger partial charge in [0.05, 0.1) is 12.0 Å². The number of hydrogen-bond acceptors (Lipinski definition) is 3. The minimum atomic E-state index is 0.136. The van der Waals surface area contributed by atoms with E-state index in [1.54, 1.807) is 7.11 Å². The maximum absolute atomic E-state index is 12.3. The summed E-state index contributed by atoms with van der Waals surface area (Å²) in [7, 11) is 1.68. The molecule has 2 heterocycles. The lowest BCUT2D eigenvalue weighted by molar-refractivity contribution is 0.0739. The Morgan fingerprint density at radius 2 is 2.21 bits per heavy atom. The number of fused-ring (bicyclic) bond motifs is 1. The molecule has 1 aromatic heterocycles. The molecule has 19 heavy (non-hydrogen) atoms. The van der Waals surface area contributed by atoms with Gasteiger partial charge in [-0.1, -0.05) is 12.1 Å². The average Bonchev–Trinajstić information content (AvgIpc) is 2.99. The smallest absolute Gasteiger partial charge is 0.264 e. The summed E-state index contributed by atoms with van der Waals surface area (Å²) in [6, 6.07) is 9.89. The van der Waals surface area contributed by atoms with Crippen LogP contribution in [0.3, 0.4) is 0 Å². The van der Waals surface area contributed by atoms with E-state index in [4.69, 9.17) is 4.74 Å². The largest absolute Gasteiger partial charge is 0.497 e. The van der Waals surface area contributed by atoms with Crippen molar-refractivity contribution in [2.45, 2.75) is 13.0 Å². The highest BCUT2D eigenvalue weighted by Gasteiger charge is 2.22. The molecule has 0 N–H and O–H groups in total. The van der Waals surface area contributed by atoms with Gasteiger partial charge in [-0.2, -0.15) is 0 Å². The number of amides is 1. The van der Waals surface area contributed by atoms with E-state index in [9.17, 15) is 4.79 Å². The summed E-state index contributed by atoms with van der Waals surface area (Å²) in [5.41, 5.74) is 2.51. The molecule has 0 fully saturated rings. The molecule has 1 aromatic carbocycles. The van der Waals surface area contributed by atoms with Crippen LogP contribution in [0.4, 0.5) is 0 Å². The average molecular weight is 273 g/mol. The minimum absolute atomic E-state index is 0.136. The van der Waals surface area contributed by atoms with Crippen molar-refractivity contribution in [1.82, 2.24) is 4.90 Å². The molecule has 0 spiro atoms. The quantitative estimate of drug-likeness (QED) is 0.842. The van der Waals surface area contributed by atoms with Crippen LogP contribution in [-0.2, 0) is 13.0 Å². The molecule has 0 bridgehead atoms. The number of benzene rings is 1.